The highest BCUT2D eigenvalue weighted by Crippen LogP contribution is 2.24. The van der Waals surface area contributed by atoms with Crippen LogP contribution in [0.4, 0.5) is 13.2 Å². The molecule has 0 fully saturated rings. The SMILES string of the molecule is CC(C)OCCNCC(C#N)C(F)(F)F. The molecule has 0 rings (SSSR count). The number of ether oxygens (including phenoxy) is 1. The number of hydrogen-bond acceptors (Lipinski definition) is 3. The fraction of sp³-hybridized carbons (Fsp3) is 0.889. The van der Waals surface area contributed by atoms with E-state index >= 15 is 0 Å². The third-order valence-electron chi connectivity index (χ3n) is 1.63. The summed E-state index contributed by atoms with van der Waals surface area (Å²) in [6, 6.07) is 1.21. The van der Waals surface area contributed by atoms with Crippen molar-refractivity contribution >= 4 is 0 Å². The van der Waals surface area contributed by atoms with Gasteiger partial charge >= 0.3 is 6.18 Å². The van der Waals surface area contributed by atoms with Crippen molar-refractivity contribution in [3.8, 4) is 6.07 Å². The van der Waals surface area contributed by atoms with Gasteiger partial charge in [0, 0.05) is 13.1 Å². The lowest BCUT2D eigenvalue weighted by molar-refractivity contribution is -0.157. The second kappa shape index (κ2) is 6.64. The fourth-order valence-electron chi connectivity index (χ4n) is 0.848. The normalized spacial score (nSPS) is 13.9. The molecule has 0 aliphatic rings. The van der Waals surface area contributed by atoms with E-state index in [1.54, 1.807) is 0 Å². The van der Waals surface area contributed by atoms with E-state index in [-0.39, 0.29) is 12.6 Å². The van der Waals surface area contributed by atoms with E-state index < -0.39 is 12.1 Å². The molecule has 0 radical (unpaired) electrons. The van der Waals surface area contributed by atoms with Crippen LogP contribution in [0.15, 0.2) is 0 Å². The Morgan fingerprint density at radius 1 is 1.40 bits per heavy atom. The lowest BCUT2D eigenvalue weighted by atomic mass is 10.1. The van der Waals surface area contributed by atoms with Gasteiger partial charge in [-0.2, -0.15) is 18.4 Å². The van der Waals surface area contributed by atoms with E-state index in [0.717, 1.165) is 0 Å². The first-order chi connectivity index (χ1) is 6.88. The molecular formula is C9H15F3N2O. The molecule has 0 amide bonds. The summed E-state index contributed by atoms with van der Waals surface area (Å²) in [5, 5.41) is 10.8. The number of nitriles is 1. The van der Waals surface area contributed by atoms with E-state index in [9.17, 15) is 13.2 Å². The summed E-state index contributed by atoms with van der Waals surface area (Å²) in [6.07, 6.45) is -4.40. The number of halogens is 3. The fourth-order valence-corrected chi connectivity index (χ4v) is 0.848. The Bertz CT molecular complexity index is 210. The molecule has 0 saturated heterocycles. The van der Waals surface area contributed by atoms with Gasteiger partial charge in [-0.1, -0.05) is 0 Å². The Morgan fingerprint density at radius 2 is 2.00 bits per heavy atom. The quantitative estimate of drug-likeness (QED) is 0.698. The summed E-state index contributed by atoms with van der Waals surface area (Å²) in [5.41, 5.74) is 0. The van der Waals surface area contributed by atoms with Crippen LogP contribution in [-0.4, -0.2) is 32.0 Å². The largest absolute Gasteiger partial charge is 0.405 e. The molecule has 0 aliphatic heterocycles. The highest BCUT2D eigenvalue weighted by Gasteiger charge is 2.39. The minimum atomic E-state index is -4.46. The first-order valence-corrected chi connectivity index (χ1v) is 4.66. The molecule has 0 aliphatic carbocycles. The highest BCUT2D eigenvalue weighted by molar-refractivity contribution is 4.89. The predicted octanol–water partition coefficient (Wildman–Crippen LogP) is 1.70. The number of nitrogens with one attached hydrogen (secondary N) is 1. The second-order valence-electron chi connectivity index (χ2n) is 3.35. The van der Waals surface area contributed by atoms with Crippen LogP contribution in [0.3, 0.4) is 0 Å². The summed E-state index contributed by atoms with van der Waals surface area (Å²) in [6.45, 7) is 3.95. The van der Waals surface area contributed by atoms with Crippen LogP contribution < -0.4 is 5.32 Å². The minimum absolute atomic E-state index is 0.0566. The number of rotatable bonds is 6. The zero-order chi connectivity index (χ0) is 11.9. The number of nitrogens with zero attached hydrogens (tertiary/aromatic N) is 1. The molecular weight excluding hydrogens is 209 g/mol. The molecule has 0 aromatic heterocycles. The van der Waals surface area contributed by atoms with Crippen molar-refractivity contribution in [3.05, 3.63) is 0 Å². The average molecular weight is 224 g/mol. The topological polar surface area (TPSA) is 45.0 Å². The zero-order valence-corrected chi connectivity index (χ0v) is 8.77. The Labute approximate surface area is 87.2 Å². The van der Waals surface area contributed by atoms with Crippen molar-refractivity contribution in [2.45, 2.75) is 26.1 Å². The molecule has 6 heteroatoms. The smallest absolute Gasteiger partial charge is 0.377 e. The molecule has 88 valence electrons. The van der Waals surface area contributed by atoms with Crippen molar-refractivity contribution in [1.82, 2.24) is 5.32 Å². The molecule has 0 saturated carbocycles. The Morgan fingerprint density at radius 3 is 2.40 bits per heavy atom. The van der Waals surface area contributed by atoms with Gasteiger partial charge in [0.25, 0.3) is 0 Å². The van der Waals surface area contributed by atoms with Crippen LogP contribution >= 0.6 is 0 Å². The van der Waals surface area contributed by atoms with E-state index in [1.165, 1.54) is 6.07 Å². The van der Waals surface area contributed by atoms with Gasteiger partial charge in [-0.05, 0) is 13.8 Å². The molecule has 0 aromatic carbocycles. The first kappa shape index (κ1) is 14.2. The van der Waals surface area contributed by atoms with Gasteiger partial charge in [0.2, 0.25) is 0 Å². The average Bonchev–Trinajstić information content (AvgIpc) is 2.08. The van der Waals surface area contributed by atoms with E-state index in [4.69, 9.17) is 10.00 Å². The molecule has 0 aromatic rings. The molecule has 1 unspecified atom stereocenters. The monoisotopic (exact) mass is 224 g/mol. The summed E-state index contributed by atoms with van der Waals surface area (Å²) in [7, 11) is 0. The summed E-state index contributed by atoms with van der Waals surface area (Å²) in [5.74, 6) is -1.95. The predicted molar refractivity (Wildman–Crippen MR) is 49.1 cm³/mol. The third-order valence-corrected chi connectivity index (χ3v) is 1.63. The molecule has 0 heterocycles. The van der Waals surface area contributed by atoms with Crippen molar-refractivity contribution in [1.29, 1.82) is 5.26 Å². The minimum Gasteiger partial charge on any atom is -0.377 e. The maximum atomic E-state index is 12.1. The van der Waals surface area contributed by atoms with Gasteiger partial charge in [-0.15, -0.1) is 0 Å². The van der Waals surface area contributed by atoms with Crippen LogP contribution in [0, 0.1) is 17.2 Å². The van der Waals surface area contributed by atoms with Gasteiger partial charge in [-0.3, -0.25) is 0 Å². The Balaban J connectivity index is 3.62. The van der Waals surface area contributed by atoms with Crippen molar-refractivity contribution in [3.63, 3.8) is 0 Å². The first-order valence-electron chi connectivity index (χ1n) is 4.66. The summed E-state index contributed by atoms with van der Waals surface area (Å²) >= 11 is 0. The maximum Gasteiger partial charge on any atom is 0.405 e. The van der Waals surface area contributed by atoms with Crippen LogP contribution in [0.1, 0.15) is 13.8 Å². The third kappa shape index (κ3) is 7.17. The van der Waals surface area contributed by atoms with Gasteiger partial charge in [0.05, 0.1) is 18.8 Å². The van der Waals surface area contributed by atoms with Crippen LogP contribution in [-0.2, 0) is 4.74 Å². The molecule has 1 atom stereocenters. The Kier molecular flexibility index (Phi) is 6.29. The van der Waals surface area contributed by atoms with Crippen molar-refractivity contribution in [2.75, 3.05) is 19.7 Å². The Hall–Kier alpha value is -0.800. The number of hydrogen-bond donors (Lipinski definition) is 1. The summed E-state index contributed by atoms with van der Waals surface area (Å²) < 4.78 is 41.3. The van der Waals surface area contributed by atoms with Crippen LogP contribution in [0.2, 0.25) is 0 Å². The molecule has 3 nitrogen and oxygen atoms in total. The van der Waals surface area contributed by atoms with E-state index in [1.807, 2.05) is 13.8 Å². The van der Waals surface area contributed by atoms with Gasteiger partial charge in [0.15, 0.2) is 5.92 Å². The van der Waals surface area contributed by atoms with Crippen LogP contribution in [0.5, 0.6) is 0 Å². The lowest BCUT2D eigenvalue weighted by Crippen LogP contribution is -2.34. The van der Waals surface area contributed by atoms with Gasteiger partial charge in [-0.25, -0.2) is 0 Å². The van der Waals surface area contributed by atoms with E-state index in [2.05, 4.69) is 5.32 Å². The standard InChI is InChI=1S/C9H15F3N2O/c1-7(2)15-4-3-14-6-8(5-13)9(10,11)12/h7-8,14H,3-4,6H2,1-2H3. The molecule has 0 bridgehead atoms. The highest BCUT2D eigenvalue weighted by atomic mass is 19.4. The zero-order valence-electron chi connectivity index (χ0n) is 8.77. The van der Waals surface area contributed by atoms with Gasteiger partial charge < -0.3 is 10.1 Å². The van der Waals surface area contributed by atoms with Crippen molar-refractivity contribution < 1.29 is 17.9 Å². The second-order valence-corrected chi connectivity index (χ2v) is 3.35. The summed E-state index contributed by atoms with van der Waals surface area (Å²) in [4.78, 5) is 0. The van der Waals surface area contributed by atoms with Gasteiger partial charge in [0.1, 0.15) is 0 Å². The molecule has 0 spiro atoms. The van der Waals surface area contributed by atoms with Crippen LogP contribution in [0.25, 0.3) is 0 Å². The molecule has 1 N–H and O–H groups in total. The number of alkyl halides is 3. The lowest BCUT2D eigenvalue weighted by Gasteiger charge is -2.14. The van der Waals surface area contributed by atoms with E-state index in [0.29, 0.717) is 13.2 Å². The molecule has 15 heavy (non-hydrogen) atoms. The maximum absolute atomic E-state index is 12.1. The van der Waals surface area contributed by atoms with Crippen molar-refractivity contribution in [2.24, 2.45) is 5.92 Å².